The number of allylic oxidation sites excluding steroid dienone is 4. The van der Waals surface area contributed by atoms with E-state index in [1.165, 1.54) is 60.9 Å². The Balaban J connectivity index is 1.32. The first kappa shape index (κ1) is 37.2. The van der Waals surface area contributed by atoms with Gasteiger partial charge in [-0.25, -0.2) is 0 Å². The van der Waals surface area contributed by atoms with Crippen LogP contribution in [0.4, 0.5) is 5.69 Å². The summed E-state index contributed by atoms with van der Waals surface area (Å²) in [5.41, 5.74) is 5.94. The first-order valence-corrected chi connectivity index (χ1v) is 21.2. The molecule has 1 aromatic rings. The average molecular weight is 696 g/mol. The third-order valence-corrected chi connectivity index (χ3v) is 15.7. The fraction of sp³-hybridized carbons (Fsp3) is 0.723. The van der Waals surface area contributed by atoms with Crippen molar-refractivity contribution in [2.24, 2.45) is 52.8 Å². The summed E-state index contributed by atoms with van der Waals surface area (Å²) in [7, 11) is 0. The summed E-state index contributed by atoms with van der Waals surface area (Å²) in [6.45, 7) is 17.1. The lowest BCUT2D eigenvalue weighted by atomic mass is 9.51. The number of carbonyl (C=O) groups excluding carboxylic acids is 1. The van der Waals surface area contributed by atoms with Gasteiger partial charge in [-0.15, -0.1) is 0 Å². The number of aliphatic hydroxyl groups is 2. The highest BCUT2D eigenvalue weighted by Gasteiger charge is 2.62. The fourth-order valence-corrected chi connectivity index (χ4v) is 13.0. The van der Waals surface area contributed by atoms with E-state index in [1.807, 2.05) is 12.2 Å². The maximum absolute atomic E-state index is 12.6. The lowest BCUT2D eigenvalue weighted by molar-refractivity contribution is -0.114. The Hall–Kier alpha value is -2.17. The molecule has 6 aliphatic carbocycles. The number of benzene rings is 1. The second-order valence-electron chi connectivity index (χ2n) is 19.3. The van der Waals surface area contributed by atoms with E-state index in [0.29, 0.717) is 54.0 Å². The zero-order chi connectivity index (χ0) is 36.2. The number of rotatable bonds is 8. The van der Waals surface area contributed by atoms with Gasteiger partial charge in [-0.2, -0.15) is 0 Å². The van der Waals surface area contributed by atoms with Crippen LogP contribution in [-0.2, 0) is 4.79 Å². The van der Waals surface area contributed by atoms with E-state index in [9.17, 15) is 15.0 Å². The Bertz CT molecular complexity index is 1490. The monoisotopic (exact) mass is 696 g/mol. The molecule has 11 atom stereocenters. The quantitative estimate of drug-likeness (QED) is 0.266. The van der Waals surface area contributed by atoms with E-state index < -0.39 is 5.60 Å². The molecular formula is C47H69NO3. The second kappa shape index (κ2) is 14.6. The van der Waals surface area contributed by atoms with E-state index in [1.54, 1.807) is 11.6 Å². The molecule has 1 aromatic carbocycles. The molecule has 0 radical (unpaired) electrons. The minimum absolute atomic E-state index is 0.0414. The normalized spacial score (nSPS) is 40.0. The molecule has 2 N–H and O–H groups in total. The number of carbonyl (C=O) groups is 1. The van der Waals surface area contributed by atoms with E-state index in [-0.39, 0.29) is 23.7 Å². The smallest absolute Gasteiger partial charge is 0.156 e. The average Bonchev–Trinajstić information content (AvgIpc) is 3.36. The summed E-state index contributed by atoms with van der Waals surface area (Å²) in [5, 5.41) is 22.0. The zero-order valence-corrected chi connectivity index (χ0v) is 33.0. The molecule has 6 unspecified atom stereocenters. The minimum Gasteiger partial charge on any atom is -0.392 e. The molecule has 4 fully saturated rings. The Kier molecular flexibility index (Phi) is 10.6. The highest BCUT2D eigenvalue weighted by molar-refractivity contribution is 5.93. The molecule has 4 nitrogen and oxygen atoms in total. The summed E-state index contributed by atoms with van der Waals surface area (Å²) in [5.74, 6) is 5.61. The number of fused-ring (bicyclic) bond motifs is 4. The molecule has 0 aliphatic heterocycles. The van der Waals surface area contributed by atoms with E-state index >= 15 is 0 Å². The van der Waals surface area contributed by atoms with Crippen LogP contribution in [0.2, 0.25) is 0 Å². The van der Waals surface area contributed by atoms with Crippen molar-refractivity contribution in [3.63, 3.8) is 0 Å². The second-order valence-corrected chi connectivity index (χ2v) is 19.3. The minimum atomic E-state index is -0.919. The van der Waals surface area contributed by atoms with E-state index in [0.717, 1.165) is 50.4 Å². The third-order valence-electron chi connectivity index (χ3n) is 15.7. The molecule has 0 amide bonds. The number of aliphatic hydroxyl groups excluding tert-OH is 1. The summed E-state index contributed by atoms with van der Waals surface area (Å²) >= 11 is 0. The highest BCUT2D eigenvalue weighted by atomic mass is 16.3. The predicted molar refractivity (Wildman–Crippen MR) is 211 cm³/mol. The van der Waals surface area contributed by atoms with Gasteiger partial charge in [0.2, 0.25) is 0 Å². The van der Waals surface area contributed by atoms with Gasteiger partial charge in [-0.3, -0.25) is 4.79 Å². The van der Waals surface area contributed by atoms with Crippen molar-refractivity contribution in [1.82, 2.24) is 0 Å². The maximum Gasteiger partial charge on any atom is 0.156 e. The molecule has 51 heavy (non-hydrogen) atoms. The summed E-state index contributed by atoms with van der Waals surface area (Å²) in [4.78, 5) is 15.6. The van der Waals surface area contributed by atoms with Crippen LogP contribution in [0.3, 0.4) is 0 Å². The van der Waals surface area contributed by atoms with Gasteiger partial charge < -0.3 is 15.1 Å². The Labute approximate surface area is 310 Å². The van der Waals surface area contributed by atoms with Gasteiger partial charge in [-0.1, -0.05) is 91.2 Å². The van der Waals surface area contributed by atoms with Crippen molar-refractivity contribution < 1.29 is 15.0 Å². The van der Waals surface area contributed by atoms with Gasteiger partial charge in [0.15, 0.2) is 5.78 Å². The largest absolute Gasteiger partial charge is 0.392 e. The van der Waals surface area contributed by atoms with Crippen LogP contribution in [0.5, 0.6) is 0 Å². The molecule has 6 aliphatic rings. The maximum atomic E-state index is 12.6. The molecule has 0 aromatic heterocycles. The van der Waals surface area contributed by atoms with Crippen LogP contribution >= 0.6 is 0 Å². The Morgan fingerprint density at radius 3 is 2.08 bits per heavy atom. The van der Waals surface area contributed by atoms with Gasteiger partial charge >= 0.3 is 0 Å². The van der Waals surface area contributed by atoms with Crippen LogP contribution in [0.1, 0.15) is 143 Å². The molecular weight excluding hydrogens is 627 g/mol. The van der Waals surface area contributed by atoms with Gasteiger partial charge in [0.05, 0.1) is 12.2 Å². The van der Waals surface area contributed by atoms with Crippen LogP contribution < -0.4 is 4.90 Å². The van der Waals surface area contributed by atoms with Gasteiger partial charge in [0.1, 0.15) is 0 Å². The summed E-state index contributed by atoms with van der Waals surface area (Å²) in [6.07, 6.45) is 19.8. The molecule has 0 bridgehead atoms. The SMILES string of the molecule is CC1CCC(C(C)C)C(N(c2ccc([C@H]3C[C@@]4(C)[C@@H](CC[C@]4(O)C=CCO)[C@@H]4CCC5=CC(=O)CCC5=C43)cc2)C2CC(C)CCC2C(C)C)C1. The first-order valence-electron chi connectivity index (χ1n) is 21.2. The highest BCUT2D eigenvalue weighted by Crippen LogP contribution is 2.67. The van der Waals surface area contributed by atoms with Crippen LogP contribution in [-0.4, -0.2) is 40.3 Å². The van der Waals surface area contributed by atoms with Crippen LogP contribution in [0, 0.1) is 52.8 Å². The van der Waals surface area contributed by atoms with Crippen molar-refractivity contribution in [2.45, 2.75) is 156 Å². The third kappa shape index (κ3) is 6.66. The molecule has 4 saturated carbocycles. The van der Waals surface area contributed by atoms with Crippen molar-refractivity contribution in [3.05, 3.63) is 64.8 Å². The molecule has 7 rings (SSSR count). The molecule has 0 spiro atoms. The van der Waals surface area contributed by atoms with Crippen molar-refractivity contribution >= 4 is 11.5 Å². The Morgan fingerprint density at radius 2 is 1.49 bits per heavy atom. The first-order chi connectivity index (χ1) is 24.3. The van der Waals surface area contributed by atoms with E-state index in [2.05, 4.69) is 77.6 Å². The number of hydrogen-bond acceptors (Lipinski definition) is 4. The molecule has 0 heterocycles. The predicted octanol–water partition coefficient (Wildman–Crippen LogP) is 10.6. The fourth-order valence-electron chi connectivity index (χ4n) is 13.0. The van der Waals surface area contributed by atoms with Crippen molar-refractivity contribution in [1.29, 1.82) is 0 Å². The lowest BCUT2D eigenvalue weighted by Crippen LogP contribution is -2.55. The van der Waals surface area contributed by atoms with Crippen molar-refractivity contribution in [3.8, 4) is 0 Å². The van der Waals surface area contributed by atoms with Gasteiger partial charge in [0, 0.05) is 35.5 Å². The lowest BCUT2D eigenvalue weighted by Gasteiger charge is -2.54. The number of nitrogens with zero attached hydrogens (tertiary/aromatic N) is 1. The number of hydrogen-bond donors (Lipinski definition) is 2. The van der Waals surface area contributed by atoms with E-state index in [4.69, 9.17) is 0 Å². The van der Waals surface area contributed by atoms with Gasteiger partial charge in [-0.05, 0) is 146 Å². The topological polar surface area (TPSA) is 60.8 Å². The summed E-state index contributed by atoms with van der Waals surface area (Å²) in [6, 6.07) is 11.1. The number of ketones is 1. The molecule has 0 saturated heterocycles. The van der Waals surface area contributed by atoms with Crippen LogP contribution in [0.15, 0.2) is 59.2 Å². The standard InChI is InChI=1S/C47H69NO3/c1-29(2)37-17-9-31(5)25-43(37)48(44-26-32(6)10-18-38(44)30(3)4)35-14-11-33(12-15-35)41-28-46(7)42(21-23-47(46,51)22-8-24-49)40-19-13-34-27-36(50)16-20-39(34)45(40)41/h8,11-12,14-15,22,27,29-32,37-38,40-44,49,51H,9-10,13,16-21,23-26,28H2,1-7H3/t31?,32?,37?,38?,40-,41+,42-,43?,44?,46-,47+/m0/s1. The summed E-state index contributed by atoms with van der Waals surface area (Å²) < 4.78 is 0. The number of anilines is 1. The Morgan fingerprint density at radius 1 is 0.863 bits per heavy atom. The van der Waals surface area contributed by atoms with Crippen LogP contribution in [0.25, 0.3) is 0 Å². The van der Waals surface area contributed by atoms with Crippen molar-refractivity contribution in [2.75, 3.05) is 11.5 Å². The zero-order valence-electron chi connectivity index (χ0n) is 33.0. The molecule has 4 heteroatoms. The molecule has 280 valence electrons. The van der Waals surface area contributed by atoms with Gasteiger partial charge in [0.25, 0.3) is 0 Å².